The van der Waals surface area contributed by atoms with Crippen molar-refractivity contribution in [3.8, 4) is 5.75 Å². The maximum absolute atomic E-state index is 5.21. The van der Waals surface area contributed by atoms with Gasteiger partial charge in [0.05, 0.1) is 7.11 Å². The zero-order valence-corrected chi connectivity index (χ0v) is 14.5. The largest absolute Gasteiger partial charge is 0.497 e. The Bertz CT molecular complexity index is 706. The summed E-state index contributed by atoms with van der Waals surface area (Å²) < 4.78 is 5.16. The van der Waals surface area contributed by atoms with Crippen LogP contribution in [0.2, 0.25) is 0 Å². The van der Waals surface area contributed by atoms with E-state index in [1.807, 2.05) is 55.5 Å². The summed E-state index contributed by atoms with van der Waals surface area (Å²) in [5, 5.41) is 6.92. The number of rotatable bonds is 3. The highest BCUT2D eigenvalue weighted by atomic mass is 32.1. The lowest BCUT2D eigenvalue weighted by Gasteiger charge is -2.14. The molecule has 4 N–H and O–H groups in total. The molecule has 0 unspecified atom stereocenters. The van der Waals surface area contributed by atoms with Gasteiger partial charge >= 0.3 is 0 Å². The number of anilines is 2. The van der Waals surface area contributed by atoms with Crippen molar-refractivity contribution in [1.29, 1.82) is 0 Å². The minimum absolute atomic E-state index is 0.395. The molecule has 0 radical (unpaired) electrons. The smallest absolute Gasteiger partial charge is 0.189 e. The summed E-state index contributed by atoms with van der Waals surface area (Å²) in [6.07, 6.45) is 0. The summed E-state index contributed by atoms with van der Waals surface area (Å²) in [6, 6.07) is 15.4. The minimum Gasteiger partial charge on any atom is -0.497 e. The third kappa shape index (κ3) is 5.72. The molecule has 0 atom stereocenters. The lowest BCUT2D eigenvalue weighted by atomic mass is 10.2. The van der Waals surface area contributed by atoms with E-state index in [0.717, 1.165) is 22.7 Å². The molecular weight excluding hydrogens is 328 g/mol. The highest BCUT2D eigenvalue weighted by Crippen LogP contribution is 2.16. The fraction of sp³-hybridized carbons (Fsp3) is 0.125. The zero-order chi connectivity index (χ0) is 16.7. The quantitative estimate of drug-likeness (QED) is 0.503. The van der Waals surface area contributed by atoms with Gasteiger partial charge in [-0.3, -0.25) is 10.9 Å². The van der Waals surface area contributed by atoms with Crippen molar-refractivity contribution in [1.82, 2.24) is 10.9 Å². The molecule has 0 fully saturated rings. The summed E-state index contributed by atoms with van der Waals surface area (Å²) in [7, 11) is 1.62. The molecule has 0 aliphatic rings. The lowest BCUT2D eigenvalue weighted by molar-refractivity contribution is 0.415. The molecule has 0 aliphatic heterocycles. The van der Waals surface area contributed by atoms with Crippen LogP contribution in [-0.2, 0) is 0 Å². The average Bonchev–Trinajstić information content (AvgIpc) is 2.53. The number of nitrogens with one attached hydrogen (secondary N) is 4. The van der Waals surface area contributed by atoms with Crippen LogP contribution in [0.5, 0.6) is 5.75 Å². The third-order valence-corrected chi connectivity index (χ3v) is 3.30. The molecule has 0 aromatic heterocycles. The van der Waals surface area contributed by atoms with Crippen LogP contribution in [-0.4, -0.2) is 17.3 Å². The Morgan fingerprint density at radius 3 is 2.00 bits per heavy atom. The molecule has 0 saturated carbocycles. The molecule has 23 heavy (non-hydrogen) atoms. The summed E-state index contributed by atoms with van der Waals surface area (Å²) in [4.78, 5) is 0. The Morgan fingerprint density at radius 1 is 0.870 bits per heavy atom. The number of methoxy groups -OCH3 is 1. The number of hydrogen-bond donors (Lipinski definition) is 4. The standard InChI is InChI=1S/C16H18N4OS2/c1-11-5-3-6-12(9-11)17-15(22)19-20-16(23)18-13-7-4-8-14(10-13)21-2/h3-10H,1-2H3,(H2,17,19,22)(H2,18,20,23). The van der Waals surface area contributed by atoms with Gasteiger partial charge in [0, 0.05) is 17.4 Å². The first-order chi connectivity index (χ1) is 11.1. The molecule has 2 aromatic carbocycles. The van der Waals surface area contributed by atoms with Crippen LogP contribution < -0.4 is 26.2 Å². The molecule has 5 nitrogen and oxygen atoms in total. The fourth-order valence-electron chi connectivity index (χ4n) is 1.86. The van der Waals surface area contributed by atoms with E-state index in [0.29, 0.717) is 10.2 Å². The second kappa shape index (κ2) is 8.30. The lowest BCUT2D eigenvalue weighted by Crippen LogP contribution is -2.45. The Hall–Kier alpha value is -2.38. The van der Waals surface area contributed by atoms with Gasteiger partial charge in [0.1, 0.15) is 5.75 Å². The topological polar surface area (TPSA) is 57.4 Å². The number of aryl methyl sites for hydroxylation is 1. The third-order valence-electron chi connectivity index (χ3n) is 2.89. The molecule has 0 spiro atoms. The van der Waals surface area contributed by atoms with E-state index in [-0.39, 0.29) is 0 Å². The van der Waals surface area contributed by atoms with Crippen molar-refractivity contribution >= 4 is 46.0 Å². The summed E-state index contributed by atoms with van der Waals surface area (Å²) >= 11 is 10.4. The van der Waals surface area contributed by atoms with Crippen molar-refractivity contribution in [2.24, 2.45) is 0 Å². The van der Waals surface area contributed by atoms with Crippen molar-refractivity contribution in [2.75, 3.05) is 17.7 Å². The summed E-state index contributed by atoms with van der Waals surface area (Å²) in [5.74, 6) is 0.752. The number of hydrazine groups is 1. The number of benzene rings is 2. The highest BCUT2D eigenvalue weighted by Gasteiger charge is 2.01. The average molecular weight is 346 g/mol. The van der Waals surface area contributed by atoms with Gasteiger partial charge in [-0.15, -0.1) is 0 Å². The number of hydrogen-bond acceptors (Lipinski definition) is 3. The van der Waals surface area contributed by atoms with Gasteiger partial charge in [-0.25, -0.2) is 0 Å². The molecule has 120 valence electrons. The highest BCUT2D eigenvalue weighted by molar-refractivity contribution is 7.81. The van der Waals surface area contributed by atoms with Crippen LogP contribution in [0.25, 0.3) is 0 Å². The molecule has 0 amide bonds. The van der Waals surface area contributed by atoms with Crippen molar-refractivity contribution in [2.45, 2.75) is 6.92 Å². The molecular formula is C16H18N4OS2. The monoisotopic (exact) mass is 346 g/mol. The van der Waals surface area contributed by atoms with Crippen LogP contribution in [0.1, 0.15) is 5.56 Å². The second-order valence-electron chi connectivity index (χ2n) is 4.76. The zero-order valence-electron chi connectivity index (χ0n) is 12.8. The Morgan fingerprint density at radius 2 is 1.43 bits per heavy atom. The fourth-order valence-corrected chi connectivity index (χ4v) is 2.20. The van der Waals surface area contributed by atoms with Crippen LogP contribution in [0.4, 0.5) is 11.4 Å². The first kappa shape index (κ1) is 17.0. The Balaban J connectivity index is 1.80. The van der Waals surface area contributed by atoms with Crippen LogP contribution in [0, 0.1) is 6.92 Å². The van der Waals surface area contributed by atoms with Crippen molar-refractivity contribution < 1.29 is 4.74 Å². The molecule has 7 heteroatoms. The van der Waals surface area contributed by atoms with Crippen molar-refractivity contribution in [3.63, 3.8) is 0 Å². The Kier molecular flexibility index (Phi) is 6.13. The molecule has 0 aliphatic carbocycles. The predicted octanol–water partition coefficient (Wildman–Crippen LogP) is 3.19. The minimum atomic E-state index is 0.395. The van der Waals surface area contributed by atoms with Gasteiger partial charge in [-0.05, 0) is 61.2 Å². The SMILES string of the molecule is COc1cccc(NC(=S)NNC(=S)Nc2cccc(C)c2)c1. The number of ether oxygens (including phenoxy) is 1. The predicted molar refractivity (Wildman–Crippen MR) is 103 cm³/mol. The summed E-state index contributed by atoms with van der Waals surface area (Å²) in [5.41, 5.74) is 8.55. The van der Waals surface area contributed by atoms with Crippen LogP contribution in [0.3, 0.4) is 0 Å². The Labute approximate surface area is 146 Å². The van der Waals surface area contributed by atoms with E-state index in [1.54, 1.807) is 7.11 Å². The normalized spacial score (nSPS) is 9.65. The van der Waals surface area contributed by atoms with Crippen molar-refractivity contribution in [3.05, 3.63) is 54.1 Å². The summed E-state index contributed by atoms with van der Waals surface area (Å²) in [6.45, 7) is 2.02. The van der Waals surface area contributed by atoms with E-state index >= 15 is 0 Å². The van der Waals surface area contributed by atoms with E-state index in [2.05, 4.69) is 21.5 Å². The van der Waals surface area contributed by atoms with E-state index in [1.165, 1.54) is 0 Å². The van der Waals surface area contributed by atoms with E-state index < -0.39 is 0 Å². The maximum Gasteiger partial charge on any atom is 0.189 e. The van der Waals surface area contributed by atoms with E-state index in [9.17, 15) is 0 Å². The van der Waals surface area contributed by atoms with Gasteiger partial charge in [0.2, 0.25) is 0 Å². The first-order valence-corrected chi connectivity index (χ1v) is 7.73. The molecule has 0 heterocycles. The van der Waals surface area contributed by atoms with Gasteiger partial charge in [-0.1, -0.05) is 18.2 Å². The molecule has 2 aromatic rings. The van der Waals surface area contributed by atoms with Gasteiger partial charge in [0.15, 0.2) is 10.2 Å². The van der Waals surface area contributed by atoms with Gasteiger partial charge in [0.25, 0.3) is 0 Å². The molecule has 2 rings (SSSR count). The first-order valence-electron chi connectivity index (χ1n) is 6.91. The van der Waals surface area contributed by atoms with Gasteiger partial charge < -0.3 is 15.4 Å². The van der Waals surface area contributed by atoms with E-state index in [4.69, 9.17) is 29.2 Å². The molecule has 0 bridgehead atoms. The van der Waals surface area contributed by atoms with Crippen LogP contribution in [0.15, 0.2) is 48.5 Å². The number of thiocarbonyl (C=S) groups is 2. The molecule has 0 saturated heterocycles. The van der Waals surface area contributed by atoms with Crippen LogP contribution >= 0.6 is 24.4 Å². The second-order valence-corrected chi connectivity index (χ2v) is 5.58. The maximum atomic E-state index is 5.21. The van der Waals surface area contributed by atoms with Gasteiger partial charge in [-0.2, -0.15) is 0 Å².